The molecule has 1 fully saturated rings. The molecule has 1 aliphatic rings. The lowest BCUT2D eigenvalue weighted by atomic mass is 9.91. The van der Waals surface area contributed by atoms with Crippen LogP contribution in [0.3, 0.4) is 0 Å². The van der Waals surface area contributed by atoms with E-state index in [4.69, 9.17) is 4.74 Å². The van der Waals surface area contributed by atoms with E-state index in [1.54, 1.807) is 0 Å². The molecule has 1 rings (SSSR count). The first-order chi connectivity index (χ1) is 7.92. The summed E-state index contributed by atoms with van der Waals surface area (Å²) in [5.74, 6) is 0. The number of hydrogen-bond donors (Lipinski definition) is 1. The number of nitrogens with one attached hydrogen (secondary N) is 1. The maximum absolute atomic E-state index is 6.07. The zero-order valence-electron chi connectivity index (χ0n) is 12.4. The van der Waals surface area contributed by atoms with Crippen LogP contribution in [0.25, 0.3) is 0 Å². The fourth-order valence-corrected chi connectivity index (χ4v) is 2.59. The summed E-state index contributed by atoms with van der Waals surface area (Å²) in [6, 6.07) is 1.22. The summed E-state index contributed by atoms with van der Waals surface area (Å²) in [6.07, 6.45) is 6.53. The Labute approximate surface area is 108 Å². The molecule has 3 atom stereocenters. The molecule has 1 N–H and O–H groups in total. The molecule has 2 nitrogen and oxygen atoms in total. The first kappa shape index (κ1) is 15.0. The molecule has 102 valence electrons. The molecule has 0 spiro atoms. The summed E-state index contributed by atoms with van der Waals surface area (Å²) in [7, 11) is 0. The van der Waals surface area contributed by atoms with Gasteiger partial charge < -0.3 is 10.1 Å². The highest BCUT2D eigenvalue weighted by atomic mass is 16.5. The van der Waals surface area contributed by atoms with Gasteiger partial charge >= 0.3 is 0 Å². The van der Waals surface area contributed by atoms with Crippen LogP contribution in [0, 0.1) is 5.41 Å². The van der Waals surface area contributed by atoms with Gasteiger partial charge in [0.1, 0.15) is 0 Å². The smallest absolute Gasteiger partial charge is 0.0728 e. The maximum Gasteiger partial charge on any atom is 0.0728 e. The lowest BCUT2D eigenvalue weighted by molar-refractivity contribution is -0.00419. The number of piperidine rings is 1. The van der Waals surface area contributed by atoms with Crippen LogP contribution in [0.4, 0.5) is 0 Å². The highest BCUT2D eigenvalue weighted by Crippen LogP contribution is 2.22. The third kappa shape index (κ3) is 5.87. The maximum atomic E-state index is 6.07. The average Bonchev–Trinajstić information content (AvgIpc) is 2.24. The van der Waals surface area contributed by atoms with Crippen molar-refractivity contribution in [3.63, 3.8) is 0 Å². The Kier molecular flexibility index (Phi) is 5.94. The summed E-state index contributed by atoms with van der Waals surface area (Å²) in [4.78, 5) is 0. The third-order valence-electron chi connectivity index (χ3n) is 3.67. The molecule has 0 bridgehead atoms. The Morgan fingerprint density at radius 2 is 1.94 bits per heavy atom. The number of ether oxygens (including phenoxy) is 1. The minimum Gasteiger partial charge on any atom is -0.377 e. The van der Waals surface area contributed by atoms with Gasteiger partial charge in [0.2, 0.25) is 0 Å². The van der Waals surface area contributed by atoms with Gasteiger partial charge in [-0.25, -0.2) is 0 Å². The predicted octanol–water partition coefficient (Wildman–Crippen LogP) is 3.75. The first-order valence-corrected chi connectivity index (χ1v) is 7.30. The monoisotopic (exact) mass is 241 g/mol. The molecule has 2 heteroatoms. The summed E-state index contributed by atoms with van der Waals surface area (Å²) in [6.45, 7) is 12.3. The van der Waals surface area contributed by atoms with E-state index in [0.29, 0.717) is 23.6 Å². The Hall–Kier alpha value is -0.0800. The van der Waals surface area contributed by atoms with E-state index >= 15 is 0 Å². The quantitative estimate of drug-likeness (QED) is 0.740. The van der Waals surface area contributed by atoms with Gasteiger partial charge in [0, 0.05) is 18.7 Å². The molecule has 1 saturated heterocycles. The van der Waals surface area contributed by atoms with Crippen molar-refractivity contribution in [2.24, 2.45) is 5.41 Å². The van der Waals surface area contributed by atoms with Crippen molar-refractivity contribution in [3.05, 3.63) is 0 Å². The van der Waals surface area contributed by atoms with Crippen molar-refractivity contribution in [2.45, 2.75) is 84.9 Å². The van der Waals surface area contributed by atoms with Gasteiger partial charge in [-0.2, -0.15) is 0 Å². The van der Waals surface area contributed by atoms with E-state index in [2.05, 4.69) is 39.9 Å². The van der Waals surface area contributed by atoms with E-state index in [1.165, 1.54) is 32.1 Å². The van der Waals surface area contributed by atoms with Crippen molar-refractivity contribution >= 4 is 0 Å². The summed E-state index contributed by atoms with van der Waals surface area (Å²) in [5.41, 5.74) is 0.437. The van der Waals surface area contributed by atoms with Crippen LogP contribution in [0.5, 0.6) is 0 Å². The Morgan fingerprint density at radius 3 is 2.53 bits per heavy atom. The van der Waals surface area contributed by atoms with Crippen molar-refractivity contribution in [2.75, 3.05) is 6.61 Å². The van der Waals surface area contributed by atoms with Crippen LogP contribution in [0.15, 0.2) is 0 Å². The Balaban J connectivity index is 2.21. The van der Waals surface area contributed by atoms with Crippen molar-refractivity contribution < 1.29 is 4.74 Å². The predicted molar refractivity (Wildman–Crippen MR) is 74.3 cm³/mol. The first-order valence-electron chi connectivity index (χ1n) is 7.30. The number of hydrogen-bond acceptors (Lipinski definition) is 2. The second-order valence-corrected chi connectivity index (χ2v) is 6.73. The fraction of sp³-hybridized carbons (Fsp3) is 1.00. The normalized spacial score (nSPS) is 30.5. The van der Waals surface area contributed by atoms with Crippen LogP contribution in [-0.4, -0.2) is 24.8 Å². The van der Waals surface area contributed by atoms with Crippen LogP contribution < -0.4 is 5.32 Å². The van der Waals surface area contributed by atoms with E-state index in [-0.39, 0.29) is 0 Å². The number of rotatable bonds is 5. The zero-order valence-corrected chi connectivity index (χ0v) is 12.4. The minimum absolute atomic E-state index is 0.437. The minimum atomic E-state index is 0.437. The highest BCUT2D eigenvalue weighted by molar-refractivity contribution is 4.85. The summed E-state index contributed by atoms with van der Waals surface area (Å²) < 4.78 is 6.07. The second kappa shape index (κ2) is 6.75. The van der Waals surface area contributed by atoms with Crippen LogP contribution in [-0.2, 0) is 4.74 Å². The lowest BCUT2D eigenvalue weighted by Gasteiger charge is -2.35. The van der Waals surface area contributed by atoms with E-state index < -0.39 is 0 Å². The molecule has 3 unspecified atom stereocenters. The molecule has 17 heavy (non-hydrogen) atoms. The van der Waals surface area contributed by atoms with Crippen LogP contribution in [0.2, 0.25) is 0 Å². The largest absolute Gasteiger partial charge is 0.377 e. The topological polar surface area (TPSA) is 21.3 Å². The van der Waals surface area contributed by atoms with Crippen molar-refractivity contribution in [3.8, 4) is 0 Å². The molecule has 0 aliphatic carbocycles. The van der Waals surface area contributed by atoms with Crippen molar-refractivity contribution in [1.82, 2.24) is 5.32 Å². The van der Waals surface area contributed by atoms with E-state index in [1.807, 2.05) is 0 Å². The second-order valence-electron chi connectivity index (χ2n) is 6.73. The average molecular weight is 241 g/mol. The van der Waals surface area contributed by atoms with Gasteiger partial charge in [-0.05, 0) is 44.4 Å². The van der Waals surface area contributed by atoms with Crippen LogP contribution in [0.1, 0.15) is 66.7 Å². The molecular formula is C15H31NO. The molecule has 1 heterocycles. The van der Waals surface area contributed by atoms with Gasteiger partial charge in [0.25, 0.3) is 0 Å². The van der Waals surface area contributed by atoms with Gasteiger partial charge in [0.05, 0.1) is 6.10 Å². The van der Waals surface area contributed by atoms with E-state index in [0.717, 1.165) is 6.61 Å². The SMILES string of the molecule is CCC1NC(C)CCC1OCCCC(C)(C)C. The standard InChI is InChI=1S/C15H31NO/c1-6-13-14(9-8-12(2)16-13)17-11-7-10-15(3,4)5/h12-14,16H,6-11H2,1-5H3. The molecule has 0 amide bonds. The van der Waals surface area contributed by atoms with Gasteiger partial charge in [-0.1, -0.05) is 27.7 Å². The molecule has 0 aromatic rings. The Bertz CT molecular complexity index is 209. The van der Waals surface area contributed by atoms with Gasteiger partial charge in [-0.15, -0.1) is 0 Å². The molecule has 0 aromatic heterocycles. The molecule has 1 aliphatic heterocycles. The summed E-state index contributed by atoms with van der Waals surface area (Å²) in [5, 5.41) is 3.65. The van der Waals surface area contributed by atoms with Crippen LogP contribution >= 0.6 is 0 Å². The summed E-state index contributed by atoms with van der Waals surface area (Å²) >= 11 is 0. The molecule has 0 saturated carbocycles. The lowest BCUT2D eigenvalue weighted by Crippen LogP contribution is -2.50. The molecule has 0 aromatic carbocycles. The van der Waals surface area contributed by atoms with Gasteiger partial charge in [-0.3, -0.25) is 0 Å². The zero-order chi connectivity index (χ0) is 12.9. The third-order valence-corrected chi connectivity index (χ3v) is 3.67. The Morgan fingerprint density at radius 1 is 1.24 bits per heavy atom. The van der Waals surface area contributed by atoms with Gasteiger partial charge in [0.15, 0.2) is 0 Å². The van der Waals surface area contributed by atoms with E-state index in [9.17, 15) is 0 Å². The van der Waals surface area contributed by atoms with Crippen molar-refractivity contribution in [1.29, 1.82) is 0 Å². The molecule has 0 radical (unpaired) electrons. The highest BCUT2D eigenvalue weighted by Gasteiger charge is 2.27. The molecular weight excluding hydrogens is 210 g/mol. The fourth-order valence-electron chi connectivity index (χ4n) is 2.59.